The summed E-state index contributed by atoms with van der Waals surface area (Å²) in [5.41, 5.74) is -1.12. The molecule has 2 amide bonds. The van der Waals surface area contributed by atoms with E-state index in [0.717, 1.165) is 6.07 Å². The third kappa shape index (κ3) is 4.30. The monoisotopic (exact) mass is 358 g/mol. The lowest BCUT2D eigenvalue weighted by Gasteiger charge is -2.29. The first-order valence-electron chi connectivity index (χ1n) is 7.36. The first-order chi connectivity index (χ1) is 11.8. The fraction of sp³-hybridized carbons (Fsp3) is 0.375. The van der Waals surface area contributed by atoms with E-state index in [1.807, 2.05) is 0 Å². The Labute approximate surface area is 142 Å². The SMILES string of the molecule is COCCOC(=O)C1=C(C)NC(=O)NC1c1ccccc1C(F)(F)F. The van der Waals surface area contributed by atoms with E-state index in [1.165, 1.54) is 32.2 Å². The Morgan fingerprint density at radius 2 is 1.92 bits per heavy atom. The molecule has 136 valence electrons. The molecule has 9 heteroatoms. The van der Waals surface area contributed by atoms with Crippen molar-refractivity contribution in [3.8, 4) is 0 Å². The molecule has 1 aromatic rings. The van der Waals surface area contributed by atoms with E-state index in [2.05, 4.69) is 10.6 Å². The first kappa shape index (κ1) is 18.8. The van der Waals surface area contributed by atoms with Gasteiger partial charge in [0.15, 0.2) is 0 Å². The summed E-state index contributed by atoms with van der Waals surface area (Å²) >= 11 is 0. The molecule has 1 aliphatic rings. The van der Waals surface area contributed by atoms with E-state index in [0.29, 0.717) is 0 Å². The second-order valence-electron chi connectivity index (χ2n) is 5.28. The number of benzene rings is 1. The summed E-state index contributed by atoms with van der Waals surface area (Å²) in [6.07, 6.45) is -4.63. The van der Waals surface area contributed by atoms with Gasteiger partial charge in [-0.25, -0.2) is 9.59 Å². The molecule has 1 heterocycles. The van der Waals surface area contributed by atoms with Crippen molar-refractivity contribution in [1.82, 2.24) is 10.6 Å². The Hall–Kier alpha value is -2.55. The molecule has 0 aromatic heterocycles. The predicted molar refractivity (Wildman–Crippen MR) is 81.4 cm³/mol. The third-order valence-corrected chi connectivity index (χ3v) is 3.59. The van der Waals surface area contributed by atoms with Crippen molar-refractivity contribution < 1.29 is 32.2 Å². The van der Waals surface area contributed by atoms with Crippen molar-refractivity contribution in [1.29, 1.82) is 0 Å². The minimum atomic E-state index is -4.63. The third-order valence-electron chi connectivity index (χ3n) is 3.59. The lowest BCUT2D eigenvalue weighted by molar-refractivity contribution is -0.142. The molecule has 25 heavy (non-hydrogen) atoms. The molecule has 1 aromatic carbocycles. The molecule has 1 unspecified atom stereocenters. The Morgan fingerprint density at radius 1 is 1.24 bits per heavy atom. The summed E-state index contributed by atoms with van der Waals surface area (Å²) in [5.74, 6) is -0.830. The maximum absolute atomic E-state index is 13.3. The minimum absolute atomic E-state index is 0.0618. The van der Waals surface area contributed by atoms with E-state index in [-0.39, 0.29) is 30.0 Å². The highest BCUT2D eigenvalue weighted by Gasteiger charge is 2.39. The molecule has 1 aliphatic heterocycles. The number of hydrogen-bond donors (Lipinski definition) is 2. The first-order valence-corrected chi connectivity index (χ1v) is 7.36. The molecule has 0 fully saturated rings. The van der Waals surface area contributed by atoms with Gasteiger partial charge in [-0.3, -0.25) is 0 Å². The van der Waals surface area contributed by atoms with Crippen LogP contribution in [0, 0.1) is 0 Å². The quantitative estimate of drug-likeness (QED) is 0.626. The Balaban J connectivity index is 2.45. The number of halogens is 3. The normalized spacial score (nSPS) is 17.8. The lowest BCUT2D eigenvalue weighted by atomic mass is 9.91. The standard InChI is InChI=1S/C16H17F3N2O4/c1-9-12(14(22)25-8-7-24-2)13(21-15(23)20-9)10-5-3-4-6-11(10)16(17,18)19/h3-6,13H,7-8H2,1-2H3,(H2,20,21,23). The van der Waals surface area contributed by atoms with Gasteiger partial charge >= 0.3 is 18.2 Å². The van der Waals surface area contributed by atoms with Gasteiger partial charge in [-0.05, 0) is 18.6 Å². The number of nitrogens with one attached hydrogen (secondary N) is 2. The van der Waals surface area contributed by atoms with Crippen molar-refractivity contribution in [3.05, 3.63) is 46.7 Å². The highest BCUT2D eigenvalue weighted by Crippen LogP contribution is 2.38. The van der Waals surface area contributed by atoms with Crippen LogP contribution in [0.1, 0.15) is 24.1 Å². The molecule has 2 rings (SSSR count). The minimum Gasteiger partial charge on any atom is -0.460 e. The van der Waals surface area contributed by atoms with Gasteiger partial charge in [0, 0.05) is 12.8 Å². The number of methoxy groups -OCH3 is 1. The molecule has 0 aliphatic carbocycles. The van der Waals surface area contributed by atoms with Crippen LogP contribution in [-0.2, 0) is 20.4 Å². The number of allylic oxidation sites excluding steroid dienone is 1. The summed E-state index contributed by atoms with van der Waals surface area (Å²) in [6.45, 7) is 1.50. The number of alkyl halides is 3. The second-order valence-corrected chi connectivity index (χ2v) is 5.28. The average molecular weight is 358 g/mol. The maximum atomic E-state index is 13.3. The summed E-state index contributed by atoms with van der Waals surface area (Å²) in [6, 6.07) is 2.78. The van der Waals surface area contributed by atoms with Gasteiger partial charge in [-0.1, -0.05) is 18.2 Å². The van der Waals surface area contributed by atoms with Gasteiger partial charge in [0.25, 0.3) is 0 Å². The maximum Gasteiger partial charge on any atom is 0.416 e. The lowest BCUT2D eigenvalue weighted by Crippen LogP contribution is -2.45. The van der Waals surface area contributed by atoms with Crippen LogP contribution in [0.4, 0.5) is 18.0 Å². The second kappa shape index (κ2) is 7.56. The number of hydrogen-bond acceptors (Lipinski definition) is 4. The summed E-state index contributed by atoms with van der Waals surface area (Å²) < 4.78 is 49.7. The largest absolute Gasteiger partial charge is 0.460 e. The molecule has 2 N–H and O–H groups in total. The molecule has 0 bridgehead atoms. The average Bonchev–Trinajstić information content (AvgIpc) is 2.53. The van der Waals surface area contributed by atoms with Gasteiger partial charge in [0.05, 0.1) is 23.8 Å². The topological polar surface area (TPSA) is 76.7 Å². The Bertz CT molecular complexity index is 701. The van der Waals surface area contributed by atoms with Crippen LogP contribution in [0.15, 0.2) is 35.5 Å². The smallest absolute Gasteiger partial charge is 0.416 e. The summed E-state index contributed by atoms with van der Waals surface area (Å²) in [7, 11) is 1.42. The van der Waals surface area contributed by atoms with Gasteiger partial charge in [0.1, 0.15) is 6.61 Å². The van der Waals surface area contributed by atoms with Crippen LogP contribution >= 0.6 is 0 Å². The molecule has 0 saturated heterocycles. The summed E-state index contributed by atoms with van der Waals surface area (Å²) in [5, 5.41) is 4.73. The fourth-order valence-electron chi connectivity index (χ4n) is 2.50. The van der Waals surface area contributed by atoms with E-state index in [1.54, 1.807) is 0 Å². The molecular formula is C16H17F3N2O4. The van der Waals surface area contributed by atoms with Gasteiger partial charge in [0.2, 0.25) is 0 Å². The van der Waals surface area contributed by atoms with E-state index < -0.39 is 29.8 Å². The fourth-order valence-corrected chi connectivity index (χ4v) is 2.50. The van der Waals surface area contributed by atoms with Crippen molar-refractivity contribution in [2.45, 2.75) is 19.1 Å². The number of carbonyl (C=O) groups is 2. The number of esters is 1. The molecule has 0 saturated carbocycles. The number of rotatable bonds is 5. The van der Waals surface area contributed by atoms with Crippen LogP contribution < -0.4 is 10.6 Å². The molecule has 1 atom stereocenters. The zero-order valence-electron chi connectivity index (χ0n) is 13.6. The van der Waals surface area contributed by atoms with Crippen LogP contribution in [0.5, 0.6) is 0 Å². The molecular weight excluding hydrogens is 341 g/mol. The van der Waals surface area contributed by atoms with Gasteiger partial charge in [-0.15, -0.1) is 0 Å². The number of ether oxygens (including phenoxy) is 2. The highest BCUT2D eigenvalue weighted by atomic mass is 19.4. The number of urea groups is 1. The molecule has 0 spiro atoms. The number of carbonyl (C=O) groups excluding carboxylic acids is 2. The van der Waals surface area contributed by atoms with E-state index in [9.17, 15) is 22.8 Å². The van der Waals surface area contributed by atoms with Gasteiger partial charge < -0.3 is 20.1 Å². The van der Waals surface area contributed by atoms with Gasteiger partial charge in [-0.2, -0.15) is 13.2 Å². The zero-order chi connectivity index (χ0) is 18.6. The van der Waals surface area contributed by atoms with Crippen molar-refractivity contribution in [2.75, 3.05) is 20.3 Å². The van der Waals surface area contributed by atoms with Crippen LogP contribution in [-0.4, -0.2) is 32.3 Å². The van der Waals surface area contributed by atoms with Crippen molar-refractivity contribution in [3.63, 3.8) is 0 Å². The predicted octanol–water partition coefficient (Wildman–Crippen LogP) is 2.52. The Morgan fingerprint density at radius 3 is 2.56 bits per heavy atom. The van der Waals surface area contributed by atoms with E-state index in [4.69, 9.17) is 9.47 Å². The van der Waals surface area contributed by atoms with Crippen LogP contribution in [0.25, 0.3) is 0 Å². The molecule has 6 nitrogen and oxygen atoms in total. The van der Waals surface area contributed by atoms with E-state index >= 15 is 0 Å². The molecule has 0 radical (unpaired) electrons. The number of amides is 2. The summed E-state index contributed by atoms with van der Waals surface area (Å²) in [4.78, 5) is 24.1. The van der Waals surface area contributed by atoms with Crippen LogP contribution in [0.2, 0.25) is 0 Å². The van der Waals surface area contributed by atoms with Crippen molar-refractivity contribution >= 4 is 12.0 Å². The highest BCUT2D eigenvalue weighted by molar-refractivity contribution is 5.95. The van der Waals surface area contributed by atoms with Crippen molar-refractivity contribution in [2.24, 2.45) is 0 Å². The van der Waals surface area contributed by atoms with Crippen LogP contribution in [0.3, 0.4) is 0 Å². The zero-order valence-corrected chi connectivity index (χ0v) is 13.6. The Kier molecular flexibility index (Phi) is 5.68.